The summed E-state index contributed by atoms with van der Waals surface area (Å²) in [5.41, 5.74) is 2.07. The third-order valence-corrected chi connectivity index (χ3v) is 5.02. The van der Waals surface area contributed by atoms with Gasteiger partial charge in [0.1, 0.15) is 10.8 Å². The van der Waals surface area contributed by atoms with Crippen molar-refractivity contribution in [1.82, 2.24) is 10.3 Å². The maximum absolute atomic E-state index is 12.0. The van der Waals surface area contributed by atoms with E-state index in [9.17, 15) is 9.90 Å². The van der Waals surface area contributed by atoms with E-state index in [1.807, 2.05) is 24.3 Å². The molecule has 0 saturated heterocycles. The number of anilines is 1. The number of benzene rings is 2. The number of nitrogens with one attached hydrogen (secondary N) is 2. The van der Waals surface area contributed by atoms with Gasteiger partial charge in [0, 0.05) is 5.69 Å². The first-order valence-electron chi connectivity index (χ1n) is 7.95. The molecule has 2 aromatic heterocycles. The van der Waals surface area contributed by atoms with Crippen molar-refractivity contribution in [2.75, 3.05) is 5.32 Å². The molecule has 4 rings (SSSR count). The van der Waals surface area contributed by atoms with E-state index < -0.39 is 5.91 Å². The summed E-state index contributed by atoms with van der Waals surface area (Å²) in [6, 6.07) is 15.9. The van der Waals surface area contributed by atoms with E-state index in [1.165, 1.54) is 17.6 Å². The van der Waals surface area contributed by atoms with Gasteiger partial charge < -0.3 is 14.8 Å². The number of fused-ring (bicyclic) bond motifs is 1. The van der Waals surface area contributed by atoms with Crippen LogP contribution in [0.2, 0.25) is 0 Å². The van der Waals surface area contributed by atoms with Gasteiger partial charge in [-0.1, -0.05) is 12.1 Å². The molecule has 0 aliphatic carbocycles. The number of carbonyl (C=O) groups is 1. The van der Waals surface area contributed by atoms with Crippen LogP contribution in [0.3, 0.4) is 0 Å². The van der Waals surface area contributed by atoms with Crippen LogP contribution >= 0.6 is 23.6 Å². The molecule has 0 radical (unpaired) electrons. The SMILES string of the molecule is O=C(NC(=S)Nc1ccc(O)c(-c2nc3ccccc3s2)c1)c1ccco1. The second kappa shape index (κ2) is 7.18. The van der Waals surface area contributed by atoms with E-state index in [-0.39, 0.29) is 16.6 Å². The normalized spacial score (nSPS) is 10.7. The number of phenols is 1. The Labute approximate surface area is 163 Å². The lowest BCUT2D eigenvalue weighted by Crippen LogP contribution is -2.33. The number of para-hydroxylation sites is 1. The van der Waals surface area contributed by atoms with Crippen molar-refractivity contribution in [3.05, 3.63) is 66.6 Å². The van der Waals surface area contributed by atoms with Crippen molar-refractivity contribution < 1.29 is 14.3 Å². The summed E-state index contributed by atoms with van der Waals surface area (Å²) in [5.74, 6) is -0.159. The van der Waals surface area contributed by atoms with Crippen LogP contribution in [0.5, 0.6) is 5.75 Å². The zero-order chi connectivity index (χ0) is 18.8. The fourth-order valence-corrected chi connectivity index (χ4v) is 3.71. The van der Waals surface area contributed by atoms with Crippen LogP contribution in [0, 0.1) is 0 Å². The van der Waals surface area contributed by atoms with Crippen molar-refractivity contribution in [2.24, 2.45) is 0 Å². The van der Waals surface area contributed by atoms with E-state index >= 15 is 0 Å². The summed E-state index contributed by atoms with van der Waals surface area (Å²) < 4.78 is 6.06. The Balaban J connectivity index is 1.55. The van der Waals surface area contributed by atoms with Gasteiger partial charge in [-0.15, -0.1) is 11.3 Å². The summed E-state index contributed by atoms with van der Waals surface area (Å²) in [6.07, 6.45) is 1.41. The lowest BCUT2D eigenvalue weighted by molar-refractivity contribution is 0.0950. The van der Waals surface area contributed by atoms with Crippen molar-refractivity contribution in [1.29, 1.82) is 0 Å². The summed E-state index contributed by atoms with van der Waals surface area (Å²) >= 11 is 6.66. The molecule has 0 spiro atoms. The highest BCUT2D eigenvalue weighted by Gasteiger charge is 2.13. The summed E-state index contributed by atoms with van der Waals surface area (Å²) in [7, 11) is 0. The molecule has 0 aliphatic rings. The molecule has 2 aromatic carbocycles. The molecule has 0 unspecified atom stereocenters. The standard InChI is InChI=1S/C19H13N3O3S2/c23-14-8-7-11(20-19(26)22-17(24)15-5-3-9-25-15)10-12(14)18-21-13-4-1-2-6-16(13)27-18/h1-10,23H,(H2,20,22,24,26). The molecule has 0 fully saturated rings. The van der Waals surface area contributed by atoms with Gasteiger partial charge in [0.05, 0.1) is 22.0 Å². The summed E-state index contributed by atoms with van der Waals surface area (Å²) in [5, 5.41) is 16.5. The Morgan fingerprint density at radius 1 is 1.15 bits per heavy atom. The molecular formula is C19H13N3O3S2. The van der Waals surface area contributed by atoms with Crippen molar-refractivity contribution >= 4 is 50.5 Å². The van der Waals surface area contributed by atoms with Gasteiger partial charge in [0.15, 0.2) is 10.9 Å². The first-order chi connectivity index (χ1) is 13.1. The number of furan rings is 1. The Morgan fingerprint density at radius 3 is 2.78 bits per heavy atom. The predicted octanol–water partition coefficient (Wildman–Crippen LogP) is 4.39. The third kappa shape index (κ3) is 3.67. The van der Waals surface area contributed by atoms with E-state index in [2.05, 4.69) is 15.6 Å². The Kier molecular flexibility index (Phi) is 4.57. The molecule has 134 valence electrons. The number of aromatic hydroxyl groups is 1. The molecule has 27 heavy (non-hydrogen) atoms. The zero-order valence-electron chi connectivity index (χ0n) is 13.8. The second-order valence-electron chi connectivity index (χ2n) is 5.60. The predicted molar refractivity (Wildman–Crippen MR) is 109 cm³/mol. The molecule has 8 heteroatoms. The minimum Gasteiger partial charge on any atom is -0.507 e. The van der Waals surface area contributed by atoms with Crippen molar-refractivity contribution in [2.45, 2.75) is 0 Å². The topological polar surface area (TPSA) is 87.4 Å². The van der Waals surface area contributed by atoms with E-state index in [0.717, 1.165) is 10.2 Å². The first kappa shape index (κ1) is 17.2. The van der Waals surface area contributed by atoms with Crippen LogP contribution in [0.15, 0.2) is 65.3 Å². The quantitative estimate of drug-likeness (QED) is 0.352. The smallest absolute Gasteiger partial charge is 0.293 e. The van der Waals surface area contributed by atoms with Crippen LogP contribution in [0.4, 0.5) is 5.69 Å². The Bertz CT molecular complexity index is 1100. The number of nitrogens with zero attached hydrogens (tertiary/aromatic N) is 1. The number of thiocarbonyl (C=S) groups is 1. The largest absolute Gasteiger partial charge is 0.507 e. The molecule has 2 heterocycles. The second-order valence-corrected chi connectivity index (χ2v) is 7.04. The number of hydrogen-bond donors (Lipinski definition) is 3. The maximum atomic E-state index is 12.0. The fourth-order valence-electron chi connectivity index (χ4n) is 2.51. The zero-order valence-corrected chi connectivity index (χ0v) is 15.4. The minimum absolute atomic E-state index is 0.116. The Morgan fingerprint density at radius 2 is 2.00 bits per heavy atom. The van der Waals surface area contributed by atoms with Gasteiger partial charge in [-0.2, -0.15) is 0 Å². The number of carbonyl (C=O) groups excluding carboxylic acids is 1. The van der Waals surface area contributed by atoms with Crippen molar-refractivity contribution in [3.63, 3.8) is 0 Å². The van der Waals surface area contributed by atoms with Crippen LogP contribution < -0.4 is 10.6 Å². The van der Waals surface area contributed by atoms with Gasteiger partial charge in [0.25, 0.3) is 5.91 Å². The highest BCUT2D eigenvalue weighted by Crippen LogP contribution is 2.36. The average molecular weight is 395 g/mol. The van der Waals surface area contributed by atoms with Crippen LogP contribution in [0.1, 0.15) is 10.6 Å². The molecule has 0 bridgehead atoms. The van der Waals surface area contributed by atoms with Crippen LogP contribution in [-0.2, 0) is 0 Å². The fraction of sp³-hybridized carbons (Fsp3) is 0. The van der Waals surface area contributed by atoms with Gasteiger partial charge in [0.2, 0.25) is 0 Å². The lowest BCUT2D eigenvalue weighted by Gasteiger charge is -2.10. The summed E-state index contributed by atoms with van der Waals surface area (Å²) in [6.45, 7) is 0. The molecule has 4 aromatic rings. The highest BCUT2D eigenvalue weighted by atomic mass is 32.1. The van der Waals surface area contributed by atoms with E-state index in [0.29, 0.717) is 16.3 Å². The number of aromatic nitrogens is 1. The lowest BCUT2D eigenvalue weighted by atomic mass is 10.2. The van der Waals surface area contributed by atoms with E-state index in [1.54, 1.807) is 30.3 Å². The number of hydrogen-bond acceptors (Lipinski definition) is 6. The van der Waals surface area contributed by atoms with Crippen molar-refractivity contribution in [3.8, 4) is 16.3 Å². The van der Waals surface area contributed by atoms with E-state index in [4.69, 9.17) is 16.6 Å². The number of phenolic OH excluding ortho intramolecular Hbond substituents is 1. The molecule has 3 N–H and O–H groups in total. The monoisotopic (exact) mass is 395 g/mol. The number of amides is 1. The van der Waals surface area contributed by atoms with Gasteiger partial charge >= 0.3 is 0 Å². The molecule has 0 atom stereocenters. The molecule has 1 amide bonds. The molecule has 0 aliphatic heterocycles. The number of thiazole rings is 1. The third-order valence-electron chi connectivity index (χ3n) is 3.75. The Hall–Kier alpha value is -3.23. The number of rotatable bonds is 3. The van der Waals surface area contributed by atoms with Crippen LogP contribution in [-0.4, -0.2) is 21.1 Å². The highest BCUT2D eigenvalue weighted by molar-refractivity contribution is 7.80. The van der Waals surface area contributed by atoms with Gasteiger partial charge in [-0.05, 0) is 54.7 Å². The van der Waals surface area contributed by atoms with Crippen LogP contribution in [0.25, 0.3) is 20.8 Å². The van der Waals surface area contributed by atoms with Gasteiger partial charge in [-0.25, -0.2) is 4.98 Å². The van der Waals surface area contributed by atoms with Gasteiger partial charge in [-0.3, -0.25) is 10.1 Å². The average Bonchev–Trinajstić information content (AvgIpc) is 3.32. The first-order valence-corrected chi connectivity index (χ1v) is 9.17. The summed E-state index contributed by atoms with van der Waals surface area (Å²) in [4.78, 5) is 16.5. The molecule has 6 nitrogen and oxygen atoms in total. The molecular weight excluding hydrogens is 382 g/mol. The maximum Gasteiger partial charge on any atom is 0.293 e. The molecule has 0 saturated carbocycles. The minimum atomic E-state index is -0.442.